The van der Waals surface area contributed by atoms with Crippen molar-refractivity contribution >= 4 is 34.9 Å². The van der Waals surface area contributed by atoms with E-state index in [1.807, 2.05) is 31.3 Å². The molecule has 33 heavy (non-hydrogen) atoms. The third kappa shape index (κ3) is 4.57. The van der Waals surface area contributed by atoms with Crippen LogP contribution in [0.15, 0.2) is 42.7 Å². The number of hydrogen-bond donors (Lipinski definition) is 1. The van der Waals surface area contributed by atoms with Gasteiger partial charge in [-0.25, -0.2) is 8.78 Å². The Balaban J connectivity index is 1.48. The molecule has 3 aromatic rings. The van der Waals surface area contributed by atoms with Crippen LogP contribution in [-0.4, -0.2) is 56.5 Å². The van der Waals surface area contributed by atoms with E-state index >= 15 is 0 Å². The summed E-state index contributed by atoms with van der Waals surface area (Å²) in [5, 5.41) is 16.9. The maximum absolute atomic E-state index is 13.6. The minimum atomic E-state index is -3.11. The fourth-order valence-electron chi connectivity index (χ4n) is 3.83. The summed E-state index contributed by atoms with van der Waals surface area (Å²) >= 11 is 0. The smallest absolute Gasteiger partial charge is 0.268 e. The number of pyridine rings is 1. The second kappa shape index (κ2) is 8.78. The van der Waals surface area contributed by atoms with Crippen molar-refractivity contribution in [2.45, 2.75) is 18.4 Å². The first kappa shape index (κ1) is 22.1. The Hall–Kier alpha value is -4.13. The third-order valence-electron chi connectivity index (χ3n) is 5.44. The number of likely N-dealkylation sites (tertiary alicyclic amines) is 1. The molecule has 0 spiro atoms. The largest absolute Gasteiger partial charge is 0.343 e. The SMILES string of the molecule is Cn1nc(C=Cc2cnccc2C(=O)NCC(=O)N2CC(F)(F)CC2C#N)c2ccccc21. The Morgan fingerprint density at radius 2 is 2.09 bits per heavy atom. The molecule has 2 amide bonds. The molecule has 1 N–H and O–H groups in total. The standard InChI is InChI=1S/C23H20F2N6O2/c1-30-20-5-3-2-4-18(20)19(29-30)7-6-15-12-27-9-8-17(15)22(33)28-13-21(32)31-14-23(24,25)10-16(31)11-26/h2-9,12,16H,10,13-14H2,1H3,(H,28,33). The van der Waals surface area contributed by atoms with Gasteiger partial charge in [0.25, 0.3) is 11.8 Å². The van der Waals surface area contributed by atoms with Crippen LogP contribution >= 0.6 is 0 Å². The van der Waals surface area contributed by atoms with Crippen molar-refractivity contribution in [3.63, 3.8) is 0 Å². The lowest BCUT2D eigenvalue weighted by atomic mass is 10.1. The lowest BCUT2D eigenvalue weighted by Gasteiger charge is -2.19. The first-order chi connectivity index (χ1) is 15.8. The van der Waals surface area contributed by atoms with E-state index in [4.69, 9.17) is 5.26 Å². The van der Waals surface area contributed by atoms with E-state index in [0.29, 0.717) is 5.56 Å². The fourth-order valence-corrected chi connectivity index (χ4v) is 3.83. The highest BCUT2D eigenvalue weighted by Gasteiger charge is 2.47. The van der Waals surface area contributed by atoms with E-state index in [-0.39, 0.29) is 5.56 Å². The molecule has 2 aromatic heterocycles. The van der Waals surface area contributed by atoms with Crippen molar-refractivity contribution in [3.8, 4) is 6.07 Å². The minimum Gasteiger partial charge on any atom is -0.343 e. The van der Waals surface area contributed by atoms with Crippen LogP contribution in [0, 0.1) is 11.3 Å². The molecule has 1 unspecified atom stereocenters. The van der Waals surface area contributed by atoms with Gasteiger partial charge in [0.15, 0.2) is 0 Å². The molecular formula is C23H20F2N6O2. The van der Waals surface area contributed by atoms with Gasteiger partial charge < -0.3 is 10.2 Å². The topological polar surface area (TPSA) is 104 Å². The van der Waals surface area contributed by atoms with Crippen LogP contribution in [0.1, 0.15) is 28.0 Å². The highest BCUT2D eigenvalue weighted by Crippen LogP contribution is 2.31. The second-order valence-corrected chi connectivity index (χ2v) is 7.73. The van der Waals surface area contributed by atoms with E-state index in [1.54, 1.807) is 22.9 Å². The molecular weight excluding hydrogens is 430 g/mol. The van der Waals surface area contributed by atoms with Gasteiger partial charge in [-0.15, -0.1) is 0 Å². The Bertz CT molecular complexity index is 1290. The van der Waals surface area contributed by atoms with Gasteiger partial charge in [0, 0.05) is 42.4 Å². The van der Waals surface area contributed by atoms with E-state index in [9.17, 15) is 18.4 Å². The molecule has 4 rings (SSSR count). The molecule has 0 radical (unpaired) electrons. The average molecular weight is 450 g/mol. The zero-order valence-corrected chi connectivity index (χ0v) is 17.7. The first-order valence-corrected chi connectivity index (χ1v) is 10.2. The summed E-state index contributed by atoms with van der Waals surface area (Å²) in [5.74, 6) is -4.41. The zero-order valence-electron chi connectivity index (χ0n) is 17.7. The highest BCUT2D eigenvalue weighted by atomic mass is 19.3. The van der Waals surface area contributed by atoms with Crippen LogP contribution in [0.2, 0.25) is 0 Å². The van der Waals surface area contributed by atoms with Crippen LogP contribution < -0.4 is 5.32 Å². The van der Waals surface area contributed by atoms with Gasteiger partial charge in [0.05, 0.1) is 30.4 Å². The van der Waals surface area contributed by atoms with E-state index < -0.39 is 43.3 Å². The van der Waals surface area contributed by atoms with Gasteiger partial charge in [-0.1, -0.05) is 24.3 Å². The van der Waals surface area contributed by atoms with Crippen molar-refractivity contribution in [2.24, 2.45) is 7.05 Å². The number of fused-ring (bicyclic) bond motifs is 1. The number of amides is 2. The number of nitrogens with zero attached hydrogens (tertiary/aromatic N) is 5. The predicted molar refractivity (Wildman–Crippen MR) is 117 cm³/mol. The molecule has 10 heteroatoms. The maximum atomic E-state index is 13.6. The molecule has 1 aromatic carbocycles. The number of para-hydroxylation sites is 1. The molecule has 0 saturated carbocycles. The van der Waals surface area contributed by atoms with Gasteiger partial charge in [-0.2, -0.15) is 10.4 Å². The molecule has 168 valence electrons. The summed E-state index contributed by atoms with van der Waals surface area (Å²) in [6.45, 7) is -1.33. The Morgan fingerprint density at radius 1 is 1.30 bits per heavy atom. The maximum Gasteiger partial charge on any atom is 0.268 e. The summed E-state index contributed by atoms with van der Waals surface area (Å²) in [7, 11) is 1.84. The van der Waals surface area contributed by atoms with E-state index in [0.717, 1.165) is 21.5 Å². The van der Waals surface area contributed by atoms with Crippen molar-refractivity contribution in [3.05, 3.63) is 59.5 Å². The fraction of sp³-hybridized carbons (Fsp3) is 0.261. The lowest BCUT2D eigenvalue weighted by Crippen LogP contribution is -2.43. The van der Waals surface area contributed by atoms with Crippen LogP contribution in [-0.2, 0) is 11.8 Å². The minimum absolute atomic E-state index is 0.262. The van der Waals surface area contributed by atoms with E-state index in [1.165, 1.54) is 18.5 Å². The van der Waals surface area contributed by atoms with Gasteiger partial charge >= 0.3 is 0 Å². The molecule has 8 nitrogen and oxygen atoms in total. The number of benzene rings is 1. The van der Waals surface area contributed by atoms with Crippen molar-refractivity contribution in [1.29, 1.82) is 5.26 Å². The van der Waals surface area contributed by atoms with Crippen molar-refractivity contribution in [2.75, 3.05) is 13.1 Å². The van der Waals surface area contributed by atoms with Gasteiger partial charge in [0.1, 0.15) is 6.04 Å². The Labute approximate surface area is 188 Å². The van der Waals surface area contributed by atoms with Crippen molar-refractivity contribution < 1.29 is 18.4 Å². The number of halogens is 2. The van der Waals surface area contributed by atoms with Gasteiger partial charge in [-0.3, -0.25) is 19.3 Å². The molecule has 1 saturated heterocycles. The number of aromatic nitrogens is 3. The van der Waals surface area contributed by atoms with Crippen LogP contribution in [0.4, 0.5) is 8.78 Å². The summed E-state index contributed by atoms with van der Waals surface area (Å²) in [6, 6.07) is 9.73. The number of nitriles is 1. The third-order valence-corrected chi connectivity index (χ3v) is 5.44. The molecule has 0 aliphatic carbocycles. The Kier molecular flexibility index (Phi) is 5.87. The molecule has 3 heterocycles. The number of alkyl halides is 2. The first-order valence-electron chi connectivity index (χ1n) is 10.2. The van der Waals surface area contributed by atoms with Gasteiger partial charge in [-0.05, 0) is 18.2 Å². The normalized spacial score (nSPS) is 17.4. The summed E-state index contributed by atoms with van der Waals surface area (Å²) < 4.78 is 28.9. The molecule has 0 bridgehead atoms. The number of carbonyl (C=O) groups is 2. The number of carbonyl (C=O) groups excluding carboxylic acids is 2. The van der Waals surface area contributed by atoms with Crippen molar-refractivity contribution in [1.82, 2.24) is 25.0 Å². The average Bonchev–Trinajstić information content (AvgIpc) is 3.31. The van der Waals surface area contributed by atoms with Crippen LogP contribution in [0.5, 0.6) is 0 Å². The lowest BCUT2D eigenvalue weighted by molar-refractivity contribution is -0.131. The molecule has 1 aliphatic rings. The Morgan fingerprint density at radius 3 is 2.88 bits per heavy atom. The monoisotopic (exact) mass is 450 g/mol. The number of rotatable bonds is 5. The summed E-state index contributed by atoms with van der Waals surface area (Å²) in [4.78, 5) is 29.9. The quantitative estimate of drug-likeness (QED) is 0.644. The van der Waals surface area contributed by atoms with Crippen LogP contribution in [0.25, 0.3) is 23.1 Å². The predicted octanol–water partition coefficient (Wildman–Crippen LogP) is 2.63. The molecule has 1 fully saturated rings. The highest BCUT2D eigenvalue weighted by molar-refractivity contribution is 6.00. The number of nitrogens with one attached hydrogen (secondary N) is 1. The molecule has 1 aliphatic heterocycles. The number of hydrogen-bond acceptors (Lipinski definition) is 5. The second-order valence-electron chi connectivity index (χ2n) is 7.73. The van der Waals surface area contributed by atoms with E-state index in [2.05, 4.69) is 15.4 Å². The van der Waals surface area contributed by atoms with Gasteiger partial charge in [0.2, 0.25) is 5.91 Å². The van der Waals surface area contributed by atoms with Crippen LogP contribution in [0.3, 0.4) is 0 Å². The zero-order chi connectivity index (χ0) is 23.6. The number of aryl methyl sites for hydroxylation is 1. The summed E-state index contributed by atoms with van der Waals surface area (Å²) in [6.07, 6.45) is 5.71. The summed E-state index contributed by atoms with van der Waals surface area (Å²) in [5.41, 5.74) is 2.44. The molecule has 1 atom stereocenters.